The van der Waals surface area contributed by atoms with E-state index in [1.807, 2.05) is 12.1 Å². The zero-order valence-corrected chi connectivity index (χ0v) is 12.0. The van der Waals surface area contributed by atoms with Crippen LogP contribution in [0.5, 0.6) is 5.75 Å². The number of hydrogen-bond acceptors (Lipinski definition) is 3. The van der Waals surface area contributed by atoms with Gasteiger partial charge in [0.1, 0.15) is 5.75 Å². The number of carboxylic acids is 1. The van der Waals surface area contributed by atoms with Crippen LogP contribution in [-0.4, -0.2) is 42.7 Å². The van der Waals surface area contributed by atoms with Crippen molar-refractivity contribution in [2.75, 3.05) is 26.7 Å². The van der Waals surface area contributed by atoms with Crippen LogP contribution in [0.1, 0.15) is 37.2 Å². The van der Waals surface area contributed by atoms with E-state index in [1.54, 1.807) is 7.11 Å². The van der Waals surface area contributed by atoms with Crippen LogP contribution in [0.25, 0.3) is 0 Å². The van der Waals surface area contributed by atoms with E-state index in [0.717, 1.165) is 44.6 Å². The molecule has 1 fully saturated rings. The zero-order valence-electron chi connectivity index (χ0n) is 12.0. The number of hydrogen-bond donors (Lipinski definition) is 1. The Bertz CT molecular complexity index is 422. The van der Waals surface area contributed by atoms with E-state index in [9.17, 15) is 4.79 Å². The van der Waals surface area contributed by atoms with Crippen molar-refractivity contribution in [3.63, 3.8) is 0 Å². The third-order valence-corrected chi connectivity index (χ3v) is 4.04. The van der Waals surface area contributed by atoms with E-state index >= 15 is 0 Å². The van der Waals surface area contributed by atoms with Gasteiger partial charge in [-0.1, -0.05) is 12.1 Å². The second-order valence-electron chi connectivity index (χ2n) is 5.39. The summed E-state index contributed by atoms with van der Waals surface area (Å²) in [5.74, 6) is 0.828. The molecule has 4 heteroatoms. The van der Waals surface area contributed by atoms with Crippen LogP contribution < -0.4 is 4.74 Å². The van der Waals surface area contributed by atoms with E-state index < -0.39 is 5.97 Å². The fourth-order valence-electron chi connectivity index (χ4n) is 2.82. The Labute approximate surface area is 120 Å². The highest BCUT2D eigenvalue weighted by Crippen LogP contribution is 2.29. The van der Waals surface area contributed by atoms with Gasteiger partial charge in [-0.3, -0.25) is 4.79 Å². The molecule has 1 aromatic carbocycles. The van der Waals surface area contributed by atoms with Crippen LogP contribution in [0.3, 0.4) is 0 Å². The van der Waals surface area contributed by atoms with Gasteiger partial charge in [-0.25, -0.2) is 0 Å². The van der Waals surface area contributed by atoms with Gasteiger partial charge in [0.2, 0.25) is 0 Å². The number of piperidine rings is 1. The lowest BCUT2D eigenvalue weighted by atomic mass is 9.89. The molecule has 1 heterocycles. The minimum atomic E-state index is -0.696. The lowest BCUT2D eigenvalue weighted by molar-refractivity contribution is -0.137. The minimum absolute atomic E-state index is 0.276. The average molecular weight is 277 g/mol. The fraction of sp³-hybridized carbons (Fsp3) is 0.562. The van der Waals surface area contributed by atoms with Gasteiger partial charge >= 0.3 is 5.97 Å². The summed E-state index contributed by atoms with van der Waals surface area (Å²) >= 11 is 0. The van der Waals surface area contributed by atoms with Crippen LogP contribution >= 0.6 is 0 Å². The van der Waals surface area contributed by atoms with Crippen molar-refractivity contribution in [1.82, 2.24) is 4.90 Å². The summed E-state index contributed by atoms with van der Waals surface area (Å²) in [4.78, 5) is 12.9. The number of rotatable bonds is 6. The van der Waals surface area contributed by atoms with Crippen molar-refractivity contribution in [1.29, 1.82) is 0 Å². The molecular formula is C16H23NO3. The smallest absolute Gasteiger partial charge is 0.303 e. The first kappa shape index (κ1) is 14.9. The quantitative estimate of drug-likeness (QED) is 0.868. The van der Waals surface area contributed by atoms with E-state index in [-0.39, 0.29) is 6.42 Å². The summed E-state index contributed by atoms with van der Waals surface area (Å²) in [5.41, 5.74) is 1.39. The van der Waals surface area contributed by atoms with Crippen molar-refractivity contribution in [3.8, 4) is 5.75 Å². The minimum Gasteiger partial charge on any atom is -0.497 e. The predicted octanol–water partition coefficient (Wildman–Crippen LogP) is 2.74. The molecule has 0 saturated carbocycles. The second kappa shape index (κ2) is 7.29. The van der Waals surface area contributed by atoms with Crippen LogP contribution in [0, 0.1) is 0 Å². The topological polar surface area (TPSA) is 49.8 Å². The largest absolute Gasteiger partial charge is 0.497 e. The highest BCUT2D eigenvalue weighted by molar-refractivity contribution is 5.66. The maximum atomic E-state index is 10.5. The number of ether oxygens (including phenoxy) is 1. The molecule has 1 aliphatic heterocycles. The molecule has 0 aliphatic carbocycles. The number of nitrogens with zero attached hydrogens (tertiary/aromatic N) is 1. The molecule has 110 valence electrons. The van der Waals surface area contributed by atoms with Gasteiger partial charge in [0.15, 0.2) is 0 Å². The molecule has 0 aromatic heterocycles. The lowest BCUT2D eigenvalue weighted by Gasteiger charge is -2.32. The number of carbonyl (C=O) groups is 1. The van der Waals surface area contributed by atoms with E-state index in [1.165, 1.54) is 5.56 Å². The Morgan fingerprint density at radius 1 is 1.30 bits per heavy atom. The van der Waals surface area contributed by atoms with Crippen LogP contribution in [0.15, 0.2) is 24.3 Å². The maximum absolute atomic E-state index is 10.5. The second-order valence-corrected chi connectivity index (χ2v) is 5.39. The van der Waals surface area contributed by atoms with E-state index in [2.05, 4.69) is 17.0 Å². The Balaban J connectivity index is 1.77. The summed E-state index contributed by atoms with van der Waals surface area (Å²) in [5, 5.41) is 8.65. The van der Waals surface area contributed by atoms with E-state index in [4.69, 9.17) is 9.84 Å². The monoisotopic (exact) mass is 277 g/mol. The highest BCUT2D eigenvalue weighted by atomic mass is 16.5. The van der Waals surface area contributed by atoms with Gasteiger partial charge in [0, 0.05) is 6.42 Å². The molecule has 2 rings (SSSR count). The lowest BCUT2D eigenvalue weighted by Crippen LogP contribution is -2.33. The van der Waals surface area contributed by atoms with Crippen molar-refractivity contribution in [3.05, 3.63) is 29.8 Å². The van der Waals surface area contributed by atoms with Gasteiger partial charge < -0.3 is 14.7 Å². The standard InChI is InChI=1S/C16H23NO3/c1-20-15-6-4-13(5-7-15)14-8-11-17(12-9-14)10-2-3-16(18)19/h4-7,14H,2-3,8-12H2,1H3,(H,18,19). The fourth-order valence-corrected chi connectivity index (χ4v) is 2.82. The number of methoxy groups -OCH3 is 1. The number of carboxylic acid groups (broad SMARTS) is 1. The summed E-state index contributed by atoms with van der Waals surface area (Å²) in [6.07, 6.45) is 3.33. The molecular weight excluding hydrogens is 254 g/mol. The summed E-state index contributed by atoms with van der Waals surface area (Å²) < 4.78 is 5.18. The normalized spacial score (nSPS) is 17.1. The summed E-state index contributed by atoms with van der Waals surface area (Å²) in [7, 11) is 1.69. The molecule has 20 heavy (non-hydrogen) atoms. The number of benzene rings is 1. The van der Waals surface area contributed by atoms with Crippen LogP contribution in [0.2, 0.25) is 0 Å². The Kier molecular flexibility index (Phi) is 5.41. The Morgan fingerprint density at radius 3 is 2.50 bits per heavy atom. The molecule has 0 unspecified atom stereocenters. The Morgan fingerprint density at radius 2 is 1.95 bits per heavy atom. The third-order valence-electron chi connectivity index (χ3n) is 4.04. The summed E-state index contributed by atoms with van der Waals surface area (Å²) in [6.45, 7) is 3.04. The predicted molar refractivity (Wildman–Crippen MR) is 78.3 cm³/mol. The van der Waals surface area contributed by atoms with Gasteiger partial charge in [0.05, 0.1) is 7.11 Å². The van der Waals surface area contributed by atoms with Gasteiger partial charge in [-0.2, -0.15) is 0 Å². The van der Waals surface area contributed by atoms with Crippen molar-refractivity contribution in [2.45, 2.75) is 31.6 Å². The molecule has 0 radical (unpaired) electrons. The van der Waals surface area contributed by atoms with Crippen LogP contribution in [-0.2, 0) is 4.79 Å². The molecule has 1 N–H and O–H groups in total. The van der Waals surface area contributed by atoms with Gasteiger partial charge in [-0.05, 0) is 62.5 Å². The van der Waals surface area contributed by atoms with Gasteiger partial charge in [0.25, 0.3) is 0 Å². The van der Waals surface area contributed by atoms with Gasteiger partial charge in [-0.15, -0.1) is 0 Å². The van der Waals surface area contributed by atoms with Crippen molar-refractivity contribution in [2.24, 2.45) is 0 Å². The van der Waals surface area contributed by atoms with E-state index in [0.29, 0.717) is 5.92 Å². The first-order chi connectivity index (χ1) is 9.69. The van der Waals surface area contributed by atoms with Crippen molar-refractivity contribution >= 4 is 5.97 Å². The number of aliphatic carboxylic acids is 1. The molecule has 0 spiro atoms. The molecule has 1 aromatic rings. The molecule has 0 amide bonds. The zero-order chi connectivity index (χ0) is 14.4. The molecule has 4 nitrogen and oxygen atoms in total. The molecule has 1 saturated heterocycles. The SMILES string of the molecule is COc1ccc(C2CCN(CCCC(=O)O)CC2)cc1. The first-order valence-corrected chi connectivity index (χ1v) is 7.27. The third kappa shape index (κ3) is 4.23. The van der Waals surface area contributed by atoms with Crippen molar-refractivity contribution < 1.29 is 14.6 Å². The highest BCUT2D eigenvalue weighted by Gasteiger charge is 2.20. The molecule has 0 atom stereocenters. The molecule has 1 aliphatic rings. The first-order valence-electron chi connectivity index (χ1n) is 7.27. The maximum Gasteiger partial charge on any atom is 0.303 e. The molecule has 0 bridgehead atoms. The summed E-state index contributed by atoms with van der Waals surface area (Å²) in [6, 6.07) is 8.36. The number of likely N-dealkylation sites (tertiary alicyclic amines) is 1. The average Bonchev–Trinajstić information content (AvgIpc) is 2.48. The van der Waals surface area contributed by atoms with Crippen LogP contribution in [0.4, 0.5) is 0 Å². The Hall–Kier alpha value is -1.55.